The number of rotatable bonds is 3. The van der Waals surface area contributed by atoms with Gasteiger partial charge in [0.15, 0.2) is 5.75 Å². The Morgan fingerprint density at radius 3 is 2.62 bits per heavy atom. The third-order valence-electron chi connectivity index (χ3n) is 2.04. The first-order chi connectivity index (χ1) is 7.52. The van der Waals surface area contributed by atoms with E-state index in [-0.39, 0.29) is 17.9 Å². The molecule has 0 radical (unpaired) electrons. The van der Waals surface area contributed by atoms with Crippen LogP contribution in [0.25, 0.3) is 0 Å². The Kier molecular flexibility index (Phi) is 4.12. The minimum atomic E-state index is -0.566. The number of carbonyl (C=O) groups excluding carboxylic acids is 1. The number of esters is 1. The van der Waals surface area contributed by atoms with E-state index in [1.54, 1.807) is 13.8 Å². The summed E-state index contributed by atoms with van der Waals surface area (Å²) in [5.74, 6) is -0.595. The van der Waals surface area contributed by atoms with Crippen LogP contribution in [0, 0.1) is 6.92 Å². The molecular weight excluding hydrogens is 278 g/mol. The van der Waals surface area contributed by atoms with E-state index in [0.717, 1.165) is 0 Å². The van der Waals surface area contributed by atoms with Crippen LogP contribution in [0.15, 0.2) is 9.40 Å². The predicted molar refractivity (Wildman–Crippen MR) is 62.0 cm³/mol. The number of carbonyl (C=O) groups is 1. The average molecular weight is 290 g/mol. The molecule has 0 amide bonds. The standard InChI is InChI=1S/C10H12BrNO4/c1-4-16-10(14)6-5(2)8(11)12-9(13)7(6)15-3/h4H2,1-3H3,(H,12,13). The summed E-state index contributed by atoms with van der Waals surface area (Å²) in [6.45, 7) is 3.63. The van der Waals surface area contributed by atoms with Crippen molar-refractivity contribution in [3.63, 3.8) is 0 Å². The van der Waals surface area contributed by atoms with Crippen molar-refractivity contribution in [1.29, 1.82) is 0 Å². The van der Waals surface area contributed by atoms with Gasteiger partial charge in [0.25, 0.3) is 5.56 Å². The van der Waals surface area contributed by atoms with Crippen LogP contribution in [0.3, 0.4) is 0 Å². The minimum absolute atomic E-state index is 0.0286. The Balaban J connectivity index is 3.45. The van der Waals surface area contributed by atoms with E-state index in [1.807, 2.05) is 0 Å². The van der Waals surface area contributed by atoms with Crippen molar-refractivity contribution in [1.82, 2.24) is 4.98 Å². The maximum Gasteiger partial charge on any atom is 0.342 e. The number of halogens is 1. The lowest BCUT2D eigenvalue weighted by molar-refractivity contribution is 0.0521. The summed E-state index contributed by atoms with van der Waals surface area (Å²) in [7, 11) is 1.33. The molecule has 1 aromatic rings. The molecule has 0 spiro atoms. The fourth-order valence-corrected chi connectivity index (χ4v) is 1.67. The first-order valence-corrected chi connectivity index (χ1v) is 5.45. The van der Waals surface area contributed by atoms with Crippen molar-refractivity contribution in [2.24, 2.45) is 0 Å². The molecule has 0 fully saturated rings. The van der Waals surface area contributed by atoms with Gasteiger partial charge in [-0.05, 0) is 35.3 Å². The van der Waals surface area contributed by atoms with Crippen LogP contribution in [-0.2, 0) is 4.74 Å². The number of aromatic nitrogens is 1. The average Bonchev–Trinajstić information content (AvgIpc) is 2.23. The summed E-state index contributed by atoms with van der Waals surface area (Å²) in [6.07, 6.45) is 0. The maximum absolute atomic E-state index is 11.7. The number of methoxy groups -OCH3 is 1. The zero-order valence-corrected chi connectivity index (χ0v) is 10.8. The second kappa shape index (κ2) is 5.16. The van der Waals surface area contributed by atoms with Gasteiger partial charge in [-0.15, -0.1) is 0 Å². The van der Waals surface area contributed by atoms with Crippen LogP contribution in [0.1, 0.15) is 22.8 Å². The van der Waals surface area contributed by atoms with E-state index in [2.05, 4.69) is 20.9 Å². The third kappa shape index (κ3) is 2.27. The van der Waals surface area contributed by atoms with E-state index in [1.165, 1.54) is 7.11 Å². The number of nitrogens with one attached hydrogen (secondary N) is 1. The Morgan fingerprint density at radius 2 is 2.12 bits per heavy atom. The van der Waals surface area contributed by atoms with Crippen molar-refractivity contribution in [3.8, 4) is 5.75 Å². The summed E-state index contributed by atoms with van der Waals surface area (Å²) < 4.78 is 10.2. The van der Waals surface area contributed by atoms with Crippen molar-refractivity contribution in [3.05, 3.63) is 26.1 Å². The number of aromatic amines is 1. The SMILES string of the molecule is CCOC(=O)c1c(C)c(Br)[nH]c(=O)c1OC. The molecule has 5 nitrogen and oxygen atoms in total. The zero-order chi connectivity index (χ0) is 12.3. The molecule has 0 aromatic carbocycles. The molecule has 0 saturated carbocycles. The van der Waals surface area contributed by atoms with Gasteiger partial charge < -0.3 is 14.5 Å². The number of ether oxygens (including phenoxy) is 2. The van der Waals surface area contributed by atoms with Crippen LogP contribution in [0.4, 0.5) is 0 Å². The molecule has 1 heterocycles. The fourth-order valence-electron chi connectivity index (χ4n) is 1.29. The molecule has 16 heavy (non-hydrogen) atoms. The summed E-state index contributed by atoms with van der Waals surface area (Å²) in [6, 6.07) is 0. The van der Waals surface area contributed by atoms with Crippen LogP contribution in [0.2, 0.25) is 0 Å². The third-order valence-corrected chi connectivity index (χ3v) is 2.84. The number of pyridine rings is 1. The van der Waals surface area contributed by atoms with Crippen molar-refractivity contribution < 1.29 is 14.3 Å². The number of H-pyrrole nitrogens is 1. The molecule has 0 aliphatic carbocycles. The monoisotopic (exact) mass is 289 g/mol. The van der Waals surface area contributed by atoms with Gasteiger partial charge in [-0.3, -0.25) is 4.79 Å². The molecule has 6 heteroatoms. The molecule has 1 rings (SSSR count). The van der Waals surface area contributed by atoms with Crippen LogP contribution in [-0.4, -0.2) is 24.7 Å². The predicted octanol–water partition coefficient (Wildman–Crippen LogP) is 1.63. The summed E-state index contributed by atoms with van der Waals surface area (Å²) in [5, 5.41) is 0. The molecule has 0 aliphatic heterocycles. The van der Waals surface area contributed by atoms with Crippen molar-refractivity contribution in [2.75, 3.05) is 13.7 Å². The van der Waals surface area contributed by atoms with Crippen molar-refractivity contribution in [2.45, 2.75) is 13.8 Å². The Morgan fingerprint density at radius 1 is 1.50 bits per heavy atom. The normalized spacial score (nSPS) is 10.0. The van der Waals surface area contributed by atoms with Gasteiger partial charge in [0.1, 0.15) is 5.56 Å². The summed E-state index contributed by atoms with van der Waals surface area (Å²) in [4.78, 5) is 25.7. The molecule has 0 bridgehead atoms. The lowest BCUT2D eigenvalue weighted by Gasteiger charge is -2.10. The van der Waals surface area contributed by atoms with E-state index >= 15 is 0 Å². The highest BCUT2D eigenvalue weighted by molar-refractivity contribution is 9.10. The molecule has 1 aromatic heterocycles. The molecule has 0 atom stereocenters. The molecule has 0 aliphatic rings. The Labute approximate surface area is 101 Å². The summed E-state index contributed by atoms with van der Waals surface area (Å²) in [5.41, 5.74) is 0.262. The van der Waals surface area contributed by atoms with Crippen LogP contribution in [0.5, 0.6) is 5.75 Å². The summed E-state index contributed by atoms with van der Waals surface area (Å²) >= 11 is 3.16. The smallest absolute Gasteiger partial charge is 0.342 e. The zero-order valence-electron chi connectivity index (χ0n) is 9.22. The van der Waals surface area contributed by atoms with Gasteiger partial charge >= 0.3 is 5.97 Å². The number of hydrogen-bond donors (Lipinski definition) is 1. The lowest BCUT2D eigenvalue weighted by atomic mass is 10.1. The van der Waals surface area contributed by atoms with Gasteiger partial charge in [-0.1, -0.05) is 0 Å². The highest BCUT2D eigenvalue weighted by Crippen LogP contribution is 2.23. The second-order valence-electron chi connectivity index (χ2n) is 3.02. The minimum Gasteiger partial charge on any atom is -0.490 e. The van der Waals surface area contributed by atoms with E-state index in [9.17, 15) is 9.59 Å². The quantitative estimate of drug-likeness (QED) is 0.678. The van der Waals surface area contributed by atoms with Gasteiger partial charge in [0.2, 0.25) is 0 Å². The van der Waals surface area contributed by atoms with Gasteiger partial charge in [-0.2, -0.15) is 0 Å². The Hall–Kier alpha value is -1.30. The first kappa shape index (κ1) is 12.8. The maximum atomic E-state index is 11.7. The molecule has 88 valence electrons. The van der Waals surface area contributed by atoms with Crippen molar-refractivity contribution >= 4 is 21.9 Å². The Bertz CT molecular complexity index is 467. The van der Waals surface area contributed by atoms with E-state index in [0.29, 0.717) is 10.2 Å². The highest BCUT2D eigenvalue weighted by atomic mass is 79.9. The topological polar surface area (TPSA) is 68.4 Å². The molecule has 1 N–H and O–H groups in total. The largest absolute Gasteiger partial charge is 0.490 e. The molecule has 0 unspecified atom stereocenters. The first-order valence-electron chi connectivity index (χ1n) is 4.66. The highest BCUT2D eigenvalue weighted by Gasteiger charge is 2.21. The second-order valence-corrected chi connectivity index (χ2v) is 3.81. The number of hydrogen-bond acceptors (Lipinski definition) is 4. The molecular formula is C10H12BrNO4. The fraction of sp³-hybridized carbons (Fsp3) is 0.400. The molecule has 0 saturated heterocycles. The van der Waals surface area contributed by atoms with Gasteiger partial charge in [0, 0.05) is 0 Å². The van der Waals surface area contributed by atoms with E-state index in [4.69, 9.17) is 9.47 Å². The van der Waals surface area contributed by atoms with Crippen LogP contribution >= 0.6 is 15.9 Å². The van der Waals surface area contributed by atoms with Gasteiger partial charge in [0.05, 0.1) is 18.3 Å². The van der Waals surface area contributed by atoms with E-state index < -0.39 is 11.5 Å². The van der Waals surface area contributed by atoms with Gasteiger partial charge in [-0.25, -0.2) is 4.79 Å². The lowest BCUT2D eigenvalue weighted by Crippen LogP contribution is -2.18. The van der Waals surface area contributed by atoms with Crippen LogP contribution < -0.4 is 10.3 Å².